The summed E-state index contributed by atoms with van der Waals surface area (Å²) in [5.74, 6) is 0.0330. The molecule has 0 radical (unpaired) electrons. The largest absolute Gasteiger partial charge is 0.416 e. The number of alkyl halides is 4. The molecule has 2 N–H and O–H groups in total. The van der Waals surface area contributed by atoms with Crippen LogP contribution in [0.5, 0.6) is 0 Å². The van der Waals surface area contributed by atoms with Gasteiger partial charge in [-0.3, -0.25) is 0 Å². The Labute approximate surface area is 106 Å². The standard InChI is InChI=1S/C10H10Cl2F3NO/c11-4-7(17)5-16-9-2-1-6(3-8(9)12)10(13,14)15/h1-3,7,16-17H,4-5H2. The van der Waals surface area contributed by atoms with Gasteiger partial charge in [-0.15, -0.1) is 11.6 Å². The maximum absolute atomic E-state index is 12.3. The van der Waals surface area contributed by atoms with Crippen molar-refractivity contribution in [2.75, 3.05) is 17.7 Å². The van der Waals surface area contributed by atoms with E-state index >= 15 is 0 Å². The average molecular weight is 288 g/mol. The lowest BCUT2D eigenvalue weighted by Gasteiger charge is -2.13. The minimum Gasteiger partial charge on any atom is -0.390 e. The van der Waals surface area contributed by atoms with E-state index in [0.29, 0.717) is 5.69 Å². The van der Waals surface area contributed by atoms with Gasteiger partial charge in [-0.1, -0.05) is 11.6 Å². The highest BCUT2D eigenvalue weighted by Crippen LogP contribution is 2.33. The second-order valence-corrected chi connectivity index (χ2v) is 4.10. The zero-order valence-electron chi connectivity index (χ0n) is 8.56. The lowest BCUT2D eigenvalue weighted by atomic mass is 10.2. The molecule has 0 heterocycles. The average Bonchev–Trinajstić information content (AvgIpc) is 2.25. The molecule has 0 saturated carbocycles. The van der Waals surface area contributed by atoms with Gasteiger partial charge in [0.2, 0.25) is 0 Å². The minimum absolute atomic E-state index is 0.0330. The lowest BCUT2D eigenvalue weighted by molar-refractivity contribution is -0.137. The monoisotopic (exact) mass is 287 g/mol. The van der Waals surface area contributed by atoms with Crippen molar-refractivity contribution in [3.63, 3.8) is 0 Å². The van der Waals surface area contributed by atoms with E-state index in [9.17, 15) is 18.3 Å². The summed E-state index contributed by atoms with van der Waals surface area (Å²) in [6, 6.07) is 2.96. The summed E-state index contributed by atoms with van der Waals surface area (Å²) >= 11 is 11.1. The highest BCUT2D eigenvalue weighted by Gasteiger charge is 2.30. The number of aliphatic hydroxyl groups excluding tert-OH is 1. The molecule has 1 aromatic rings. The van der Waals surface area contributed by atoms with Crippen molar-refractivity contribution in [3.05, 3.63) is 28.8 Å². The van der Waals surface area contributed by atoms with Crippen LogP contribution in [0.25, 0.3) is 0 Å². The molecule has 17 heavy (non-hydrogen) atoms. The van der Waals surface area contributed by atoms with Crippen molar-refractivity contribution in [2.24, 2.45) is 0 Å². The molecule has 0 saturated heterocycles. The fourth-order valence-electron chi connectivity index (χ4n) is 1.12. The molecule has 7 heteroatoms. The van der Waals surface area contributed by atoms with Gasteiger partial charge in [0.1, 0.15) is 0 Å². The van der Waals surface area contributed by atoms with E-state index in [2.05, 4.69) is 5.32 Å². The van der Waals surface area contributed by atoms with Gasteiger partial charge < -0.3 is 10.4 Å². The van der Waals surface area contributed by atoms with Crippen molar-refractivity contribution in [1.82, 2.24) is 0 Å². The van der Waals surface area contributed by atoms with Crippen LogP contribution >= 0.6 is 23.2 Å². The Kier molecular flexibility index (Phi) is 4.91. The summed E-state index contributed by atoms with van der Waals surface area (Å²) in [4.78, 5) is 0. The summed E-state index contributed by atoms with van der Waals surface area (Å²) in [6.45, 7) is 0.120. The highest BCUT2D eigenvalue weighted by molar-refractivity contribution is 6.33. The van der Waals surface area contributed by atoms with E-state index in [1.807, 2.05) is 0 Å². The number of hydrogen-bond donors (Lipinski definition) is 2. The molecule has 1 unspecified atom stereocenters. The number of aliphatic hydroxyl groups is 1. The van der Waals surface area contributed by atoms with Gasteiger partial charge >= 0.3 is 6.18 Å². The molecule has 0 fully saturated rings. The molecule has 0 aliphatic carbocycles. The Bertz CT molecular complexity index is 384. The number of halogens is 5. The predicted octanol–water partition coefficient (Wildman–Crippen LogP) is 3.37. The molecule has 0 aliphatic rings. The zero-order valence-corrected chi connectivity index (χ0v) is 10.1. The second-order valence-electron chi connectivity index (χ2n) is 3.38. The topological polar surface area (TPSA) is 32.3 Å². The maximum atomic E-state index is 12.3. The van der Waals surface area contributed by atoms with E-state index in [4.69, 9.17) is 23.2 Å². The summed E-state index contributed by atoms with van der Waals surface area (Å²) in [5, 5.41) is 11.8. The summed E-state index contributed by atoms with van der Waals surface area (Å²) < 4.78 is 37.0. The first kappa shape index (κ1) is 14.4. The smallest absolute Gasteiger partial charge is 0.390 e. The molecule has 2 nitrogen and oxygen atoms in total. The number of nitrogens with one attached hydrogen (secondary N) is 1. The van der Waals surface area contributed by atoms with E-state index in [-0.39, 0.29) is 17.4 Å². The maximum Gasteiger partial charge on any atom is 0.416 e. The van der Waals surface area contributed by atoms with Crippen LogP contribution in [0, 0.1) is 0 Å². The number of hydrogen-bond acceptors (Lipinski definition) is 2. The molecule has 96 valence electrons. The second kappa shape index (κ2) is 5.80. The molecule has 0 spiro atoms. The summed E-state index contributed by atoms with van der Waals surface area (Å²) in [6.07, 6.45) is -5.20. The molecule has 0 amide bonds. The third kappa shape index (κ3) is 4.26. The van der Waals surface area contributed by atoms with Gasteiger partial charge in [0.25, 0.3) is 0 Å². The van der Waals surface area contributed by atoms with Crippen LogP contribution in [0.3, 0.4) is 0 Å². The molecule has 0 bridgehead atoms. The fourth-order valence-corrected chi connectivity index (χ4v) is 1.47. The van der Waals surface area contributed by atoms with Crippen molar-refractivity contribution >= 4 is 28.9 Å². The van der Waals surface area contributed by atoms with Crippen LogP contribution in [0.4, 0.5) is 18.9 Å². The van der Waals surface area contributed by atoms with Crippen LogP contribution in [-0.4, -0.2) is 23.6 Å². The van der Waals surface area contributed by atoms with Crippen molar-refractivity contribution < 1.29 is 18.3 Å². The highest BCUT2D eigenvalue weighted by atomic mass is 35.5. The van der Waals surface area contributed by atoms with Crippen molar-refractivity contribution in [1.29, 1.82) is 0 Å². The third-order valence-corrected chi connectivity index (χ3v) is 2.67. The van der Waals surface area contributed by atoms with Gasteiger partial charge in [0.15, 0.2) is 0 Å². The minimum atomic E-state index is -4.42. The number of benzene rings is 1. The molecular formula is C10H10Cl2F3NO. The molecule has 0 aliphatic heterocycles. The molecule has 1 rings (SSSR count). The van der Waals surface area contributed by atoms with Crippen molar-refractivity contribution in [3.8, 4) is 0 Å². The SMILES string of the molecule is OC(CCl)CNc1ccc(C(F)(F)F)cc1Cl. The fraction of sp³-hybridized carbons (Fsp3) is 0.400. The third-order valence-electron chi connectivity index (χ3n) is 2.00. The van der Waals surface area contributed by atoms with E-state index < -0.39 is 17.8 Å². The van der Waals surface area contributed by atoms with Gasteiger partial charge in [0.05, 0.1) is 28.3 Å². The van der Waals surface area contributed by atoms with Crippen LogP contribution in [0.2, 0.25) is 5.02 Å². The zero-order chi connectivity index (χ0) is 13.1. The van der Waals surface area contributed by atoms with Crippen molar-refractivity contribution in [2.45, 2.75) is 12.3 Å². The Morgan fingerprint density at radius 2 is 2.00 bits per heavy atom. The molecular weight excluding hydrogens is 278 g/mol. The van der Waals surface area contributed by atoms with Crippen LogP contribution in [0.15, 0.2) is 18.2 Å². The Hall–Kier alpha value is -0.650. The first-order valence-electron chi connectivity index (χ1n) is 4.69. The van der Waals surface area contributed by atoms with Crippen LogP contribution in [0.1, 0.15) is 5.56 Å². The molecule has 1 aromatic carbocycles. The quantitative estimate of drug-likeness (QED) is 0.833. The van der Waals surface area contributed by atoms with Gasteiger partial charge in [-0.2, -0.15) is 13.2 Å². The molecule has 0 aromatic heterocycles. The first-order chi connectivity index (χ1) is 7.84. The normalized spacial score (nSPS) is 13.5. The number of anilines is 1. The predicted molar refractivity (Wildman–Crippen MR) is 61.7 cm³/mol. The van der Waals surface area contributed by atoms with Crippen LogP contribution < -0.4 is 5.32 Å². The van der Waals surface area contributed by atoms with E-state index in [0.717, 1.165) is 12.1 Å². The Balaban J connectivity index is 2.77. The van der Waals surface area contributed by atoms with E-state index in [1.54, 1.807) is 0 Å². The summed E-state index contributed by atoms with van der Waals surface area (Å²) in [5.41, 5.74) is -0.491. The Morgan fingerprint density at radius 1 is 1.35 bits per heavy atom. The lowest BCUT2D eigenvalue weighted by Crippen LogP contribution is -2.21. The molecule has 1 atom stereocenters. The number of rotatable bonds is 4. The van der Waals surface area contributed by atoms with Gasteiger partial charge in [-0.25, -0.2) is 0 Å². The van der Waals surface area contributed by atoms with E-state index in [1.165, 1.54) is 6.07 Å². The van der Waals surface area contributed by atoms with Gasteiger partial charge in [-0.05, 0) is 18.2 Å². The first-order valence-corrected chi connectivity index (χ1v) is 5.60. The summed E-state index contributed by atoms with van der Waals surface area (Å²) in [7, 11) is 0. The van der Waals surface area contributed by atoms with Crippen LogP contribution in [-0.2, 0) is 6.18 Å². The Morgan fingerprint density at radius 3 is 2.47 bits per heavy atom. The van der Waals surface area contributed by atoms with Gasteiger partial charge in [0, 0.05) is 6.54 Å².